The average Bonchev–Trinajstić information content (AvgIpc) is 2.11. The Morgan fingerprint density at radius 3 is 1.67 bits per heavy atom. The van der Waals surface area contributed by atoms with Gasteiger partial charge in [-0.05, 0) is 20.8 Å². The molecule has 0 bridgehead atoms. The van der Waals surface area contributed by atoms with Crippen molar-refractivity contribution in [2.45, 2.75) is 78.7 Å². The van der Waals surface area contributed by atoms with Crippen LogP contribution in [0.2, 0.25) is 0 Å². The second-order valence-corrected chi connectivity index (χ2v) is 8.35. The summed E-state index contributed by atoms with van der Waals surface area (Å²) in [7, 11) is 0. The normalized spacial score (nSPS) is 12.2. The van der Waals surface area contributed by atoms with Crippen molar-refractivity contribution < 1.29 is 21.7 Å². The fraction of sp³-hybridized carbons (Fsp3) is 0.667. The maximum Gasteiger partial charge on any atom is 2.00 e. The molecule has 0 unspecified atom stereocenters. The van der Waals surface area contributed by atoms with Crippen LogP contribution in [0, 0.1) is 6.07 Å². The van der Waals surface area contributed by atoms with Crippen LogP contribution in [0.5, 0.6) is 5.75 Å². The fourth-order valence-electron chi connectivity index (χ4n) is 1.86. The molecule has 1 aromatic rings. The van der Waals surface area contributed by atoms with E-state index >= 15 is 0 Å². The minimum atomic E-state index is -0.195. The van der Waals surface area contributed by atoms with Crippen molar-refractivity contribution in [2.75, 3.05) is 0 Å². The Kier molecular flexibility index (Phi) is 8.62. The summed E-state index contributed by atoms with van der Waals surface area (Å²) in [6.07, 6.45) is 0. The molecule has 0 saturated heterocycles. The van der Waals surface area contributed by atoms with Crippen LogP contribution in [0.15, 0.2) is 12.1 Å². The molecule has 0 radical (unpaired) electrons. The van der Waals surface area contributed by atoms with Gasteiger partial charge in [0.1, 0.15) is 0 Å². The van der Waals surface area contributed by atoms with Crippen molar-refractivity contribution in [3.8, 4) is 5.75 Å². The van der Waals surface area contributed by atoms with Gasteiger partial charge < -0.3 is 21.7 Å². The molecule has 0 aliphatic heterocycles. The Hall–Kier alpha value is 0.266. The van der Waals surface area contributed by atoms with Crippen molar-refractivity contribution in [3.63, 3.8) is 0 Å². The van der Waals surface area contributed by atoms with Crippen molar-refractivity contribution in [1.29, 1.82) is 0 Å². The van der Waals surface area contributed by atoms with Crippen LogP contribution in [0.25, 0.3) is 0 Å². The van der Waals surface area contributed by atoms with Crippen LogP contribution in [-0.4, -0.2) is 28.7 Å². The molecule has 0 atom stereocenters. The molecule has 0 aliphatic carbocycles. The zero-order valence-electron chi connectivity index (χ0n) is 15.1. The first-order valence-electron chi connectivity index (χ1n) is 7.06. The molecule has 116 valence electrons. The fourth-order valence-corrected chi connectivity index (χ4v) is 1.86. The van der Waals surface area contributed by atoms with E-state index in [2.05, 4.69) is 80.5 Å². The summed E-state index contributed by atoms with van der Waals surface area (Å²) in [6, 6.07) is 7.69. The van der Waals surface area contributed by atoms with Gasteiger partial charge in [0.05, 0.1) is 5.60 Å². The Morgan fingerprint density at radius 1 is 0.857 bits per heavy atom. The van der Waals surface area contributed by atoms with E-state index in [1.807, 2.05) is 0 Å². The molecule has 3 heteroatoms. The first-order chi connectivity index (χ1) is 8.31. The molecule has 0 N–H and O–H groups in total. The molecule has 1 rings (SSSR count). The minimum absolute atomic E-state index is 0. The molecule has 0 amide bonds. The maximum absolute atomic E-state index is 6.07. The predicted octanol–water partition coefficient (Wildman–Crippen LogP) is 1.88. The second kappa shape index (κ2) is 7.70. The summed E-state index contributed by atoms with van der Waals surface area (Å²) in [5, 5.41) is 0. The van der Waals surface area contributed by atoms with Gasteiger partial charge in [-0.3, -0.25) is 0 Å². The quantitative estimate of drug-likeness (QED) is 0.545. The Balaban J connectivity index is 0. The van der Waals surface area contributed by atoms with Gasteiger partial charge >= 0.3 is 23.1 Å². The third-order valence-electron chi connectivity index (χ3n) is 2.99. The van der Waals surface area contributed by atoms with Gasteiger partial charge in [0, 0.05) is 5.75 Å². The number of hydrogen-bond acceptors (Lipinski definition) is 1. The van der Waals surface area contributed by atoms with Gasteiger partial charge in [0.2, 0.25) is 0 Å². The summed E-state index contributed by atoms with van der Waals surface area (Å²) >= 11 is 0. The molecular weight excluding hydrogens is 336 g/mol. The molecule has 0 fully saturated rings. The van der Waals surface area contributed by atoms with E-state index in [0.29, 0.717) is 0 Å². The first-order valence-corrected chi connectivity index (χ1v) is 7.06. The van der Waals surface area contributed by atoms with Crippen LogP contribution in [0.3, 0.4) is 0 Å². The summed E-state index contributed by atoms with van der Waals surface area (Å²) in [6.45, 7) is 19.6. The van der Waals surface area contributed by atoms with E-state index in [4.69, 9.17) is 4.74 Å². The molecular formula is C18H29BrMgO. The van der Waals surface area contributed by atoms with E-state index in [-0.39, 0.29) is 56.5 Å². The summed E-state index contributed by atoms with van der Waals surface area (Å²) in [5.74, 6) is 0.882. The van der Waals surface area contributed by atoms with Crippen molar-refractivity contribution in [2.24, 2.45) is 0 Å². The zero-order valence-corrected chi connectivity index (χ0v) is 18.1. The smallest absolute Gasteiger partial charge is 1.00 e. The van der Waals surface area contributed by atoms with Crippen LogP contribution in [0.1, 0.15) is 73.4 Å². The van der Waals surface area contributed by atoms with Crippen LogP contribution < -0.4 is 21.7 Å². The molecule has 1 aromatic carbocycles. The van der Waals surface area contributed by atoms with Gasteiger partial charge in [0.15, 0.2) is 0 Å². The zero-order chi connectivity index (χ0) is 15.1. The van der Waals surface area contributed by atoms with E-state index < -0.39 is 0 Å². The molecule has 0 aromatic heterocycles. The summed E-state index contributed by atoms with van der Waals surface area (Å²) in [5.41, 5.74) is 2.53. The number of ether oxygens (including phenoxy) is 1. The molecule has 0 aliphatic rings. The number of halogens is 1. The third kappa shape index (κ3) is 7.38. The van der Waals surface area contributed by atoms with Crippen molar-refractivity contribution in [3.05, 3.63) is 29.3 Å². The Bertz CT molecular complexity index is 448. The molecule has 1 nitrogen and oxygen atoms in total. The Morgan fingerprint density at radius 2 is 1.33 bits per heavy atom. The van der Waals surface area contributed by atoms with E-state index in [1.165, 1.54) is 11.1 Å². The van der Waals surface area contributed by atoms with Crippen LogP contribution in [-0.2, 0) is 10.8 Å². The molecule has 21 heavy (non-hydrogen) atoms. The molecule has 0 saturated carbocycles. The molecule has 0 heterocycles. The van der Waals surface area contributed by atoms with E-state index in [9.17, 15) is 0 Å². The van der Waals surface area contributed by atoms with Gasteiger partial charge in [-0.2, -0.15) is 17.7 Å². The van der Waals surface area contributed by atoms with Gasteiger partial charge in [0.25, 0.3) is 0 Å². The molecule has 0 spiro atoms. The van der Waals surface area contributed by atoms with Gasteiger partial charge in [-0.1, -0.05) is 52.4 Å². The SMILES string of the molecule is CC(C)(C)Oc1[c-]cc(C(C)(C)C)cc1C(C)(C)C.[Br-].[Mg+2]. The standard InChI is InChI=1S/C18H29O.BrH.Mg/c1-16(2,3)13-10-11-15(19-18(7,8)9)14(12-13)17(4,5)6;;/h10,12H,1-9H3;1H;/q-1;;+2/p-1. The number of hydrogen-bond donors (Lipinski definition) is 0. The summed E-state index contributed by atoms with van der Waals surface area (Å²) in [4.78, 5) is 0. The largest absolute Gasteiger partial charge is 2.00 e. The van der Waals surface area contributed by atoms with E-state index in [1.54, 1.807) is 0 Å². The van der Waals surface area contributed by atoms with Crippen molar-refractivity contribution in [1.82, 2.24) is 0 Å². The van der Waals surface area contributed by atoms with Gasteiger partial charge in [-0.15, -0.1) is 11.6 Å². The maximum atomic E-state index is 6.07. The minimum Gasteiger partial charge on any atom is -1.00 e. The van der Waals surface area contributed by atoms with E-state index in [0.717, 1.165) is 5.75 Å². The third-order valence-corrected chi connectivity index (χ3v) is 2.99. The second-order valence-electron chi connectivity index (χ2n) is 8.35. The van der Waals surface area contributed by atoms with Crippen LogP contribution in [0.4, 0.5) is 0 Å². The van der Waals surface area contributed by atoms with Gasteiger partial charge in [-0.25, -0.2) is 0 Å². The van der Waals surface area contributed by atoms with Crippen molar-refractivity contribution >= 4 is 23.1 Å². The Labute approximate surface area is 158 Å². The summed E-state index contributed by atoms with van der Waals surface area (Å²) < 4.78 is 6.07. The first kappa shape index (κ1) is 23.5. The topological polar surface area (TPSA) is 9.23 Å². The number of rotatable bonds is 1. The van der Waals surface area contributed by atoms with Crippen LogP contribution >= 0.6 is 0 Å². The number of benzene rings is 1. The average molecular weight is 366 g/mol. The predicted molar refractivity (Wildman–Crippen MR) is 88.8 cm³/mol. The monoisotopic (exact) mass is 364 g/mol.